The summed E-state index contributed by atoms with van der Waals surface area (Å²) in [6.45, 7) is 4.13. The average molecular weight is 920 g/mol. The van der Waals surface area contributed by atoms with E-state index < -0.39 is 12.0 Å². The van der Waals surface area contributed by atoms with E-state index in [4.69, 9.17) is 24.7 Å². The van der Waals surface area contributed by atoms with Crippen molar-refractivity contribution in [1.82, 2.24) is 24.5 Å². The zero-order chi connectivity index (χ0) is 37.4. The molecule has 8 nitrogen and oxygen atoms in total. The number of aryl methyl sites for hydroxylation is 1. The first-order valence-corrected chi connectivity index (χ1v) is 18.5. The number of hydrogen-bond acceptors (Lipinski definition) is 7. The van der Waals surface area contributed by atoms with Crippen molar-refractivity contribution in [3.8, 4) is 34.3 Å². The molecule has 2 unspecified atom stereocenters. The topological polar surface area (TPSA) is 72.2 Å². The van der Waals surface area contributed by atoms with Gasteiger partial charge in [0.25, 0.3) is 0 Å². The van der Waals surface area contributed by atoms with Crippen molar-refractivity contribution in [1.29, 1.82) is 0 Å². The normalized spacial score (nSPS) is 15.7. The summed E-state index contributed by atoms with van der Waals surface area (Å²) in [6, 6.07) is 52.3. The fourth-order valence-corrected chi connectivity index (χ4v) is 7.24. The van der Waals surface area contributed by atoms with Crippen LogP contribution in [-0.4, -0.2) is 30.6 Å². The molecule has 2 atom stereocenters. The summed E-state index contributed by atoms with van der Waals surface area (Å²) < 4.78 is 9.12. The van der Waals surface area contributed by atoms with Gasteiger partial charge in [0, 0.05) is 61.3 Å². The molecule has 0 radical (unpaired) electrons. The monoisotopic (exact) mass is 919 g/mol. The van der Waals surface area contributed by atoms with Crippen molar-refractivity contribution >= 4 is 34.4 Å². The van der Waals surface area contributed by atoms with Crippen molar-refractivity contribution in [3.05, 3.63) is 199 Å². The molecule has 8 aromatic rings. The minimum Gasteiger partial charge on any atom is -0.530 e. The molecular weight excluding hydrogens is 886 g/mol. The average Bonchev–Trinajstić information content (AvgIpc) is 3.88. The summed E-state index contributed by atoms with van der Waals surface area (Å²) in [5, 5.41) is 2.96. The van der Waals surface area contributed by atoms with Crippen LogP contribution >= 0.6 is 0 Å². The van der Waals surface area contributed by atoms with E-state index in [-0.39, 0.29) is 21.1 Å². The molecule has 0 fully saturated rings. The molecule has 0 spiro atoms. The predicted molar refractivity (Wildman–Crippen MR) is 221 cm³/mol. The van der Waals surface area contributed by atoms with Crippen molar-refractivity contribution in [2.75, 3.05) is 9.80 Å². The Kier molecular flexibility index (Phi) is 9.79. The van der Waals surface area contributed by atoms with Gasteiger partial charge >= 0.3 is 0 Å². The first-order valence-electron chi connectivity index (χ1n) is 18.5. The summed E-state index contributed by atoms with van der Waals surface area (Å²) >= 11 is 0. The Morgan fingerprint density at radius 3 is 2.07 bits per heavy atom. The fourth-order valence-electron chi connectivity index (χ4n) is 7.24. The summed E-state index contributed by atoms with van der Waals surface area (Å²) in [7, 11) is 0. The second kappa shape index (κ2) is 15.5. The number of para-hydroxylation sites is 1. The number of hydrogen-bond donors (Lipinski definition) is 0. The van der Waals surface area contributed by atoms with Gasteiger partial charge in [-0.2, -0.15) is 6.07 Å². The van der Waals surface area contributed by atoms with E-state index in [1.807, 2.05) is 133 Å². The smallest absolute Gasteiger partial charge is 0.163 e. The number of rotatable bonds is 8. The molecule has 10 rings (SSSR count). The number of pyridine rings is 1. The molecular formula is C48H34N7OPt-3. The standard InChI is InChI=1S/C48H34N7O.Pt/c1-33-22-24-36(25-23-33)53-27-28-54(32-53)37-17-12-18-38(29-37)56-44-31-43-40(39-19-8-9-20-42(39)55(43)45-21-10-11-26-49-45)30-41(44)48-51-46(34-13-4-2-5-14-34)50-47(52-48)35-15-6-3-7-16-35;/h2-28,30,32,41,44H,1H3;/q-3;. The molecule has 1 aliphatic heterocycles. The van der Waals surface area contributed by atoms with E-state index in [2.05, 4.69) is 77.1 Å². The first kappa shape index (κ1) is 36.0. The van der Waals surface area contributed by atoms with Gasteiger partial charge in [-0.15, -0.1) is 47.2 Å². The third-order valence-corrected chi connectivity index (χ3v) is 10.0. The Morgan fingerprint density at radius 1 is 0.667 bits per heavy atom. The molecule has 0 saturated heterocycles. The van der Waals surface area contributed by atoms with Crippen LogP contribution in [0.1, 0.15) is 17.3 Å². The number of nitrogens with zero attached hydrogens (tertiary/aromatic N) is 7. The number of ether oxygens (including phenoxy) is 1. The summed E-state index contributed by atoms with van der Waals surface area (Å²) in [4.78, 5) is 24.2. The Hall–Kier alpha value is -6.63. The minimum absolute atomic E-state index is 0. The molecule has 1 aliphatic carbocycles. The Labute approximate surface area is 345 Å². The van der Waals surface area contributed by atoms with Gasteiger partial charge in [-0.3, -0.25) is 0 Å². The van der Waals surface area contributed by atoms with E-state index >= 15 is 0 Å². The first-order chi connectivity index (χ1) is 27.6. The van der Waals surface area contributed by atoms with E-state index in [1.54, 1.807) is 0 Å². The summed E-state index contributed by atoms with van der Waals surface area (Å²) in [6.07, 6.45) is 11.2. The molecule has 0 N–H and O–H groups in total. The Balaban J connectivity index is 0.00000422. The number of anilines is 2. The van der Waals surface area contributed by atoms with Crippen LogP contribution in [0, 0.1) is 19.7 Å². The Bertz CT molecular complexity index is 2790. The van der Waals surface area contributed by atoms with Gasteiger partial charge in [0.1, 0.15) is 11.6 Å². The number of fused-ring (bicyclic) bond motifs is 3. The summed E-state index contributed by atoms with van der Waals surface area (Å²) in [5.41, 5.74) is 5.96. The van der Waals surface area contributed by atoms with Gasteiger partial charge in [-0.25, -0.2) is 26.0 Å². The van der Waals surface area contributed by atoms with E-state index in [0.29, 0.717) is 23.2 Å². The van der Waals surface area contributed by atoms with Crippen LogP contribution in [0.2, 0.25) is 0 Å². The maximum atomic E-state index is 6.97. The predicted octanol–water partition coefficient (Wildman–Crippen LogP) is 8.25. The molecule has 4 heterocycles. The van der Waals surface area contributed by atoms with Crippen LogP contribution in [0.4, 0.5) is 11.4 Å². The number of benzene rings is 5. The maximum absolute atomic E-state index is 6.97. The van der Waals surface area contributed by atoms with E-state index in [9.17, 15) is 0 Å². The van der Waals surface area contributed by atoms with Crippen molar-refractivity contribution in [2.24, 2.45) is 0 Å². The third-order valence-electron chi connectivity index (χ3n) is 10.0. The SMILES string of the molecule is Cc1ccc(N2C=CN(c3[c-]c(OC4[C-]=c5c(c6ccccc6n5-c5ccccn5)=CC4c4nc(-c5ccccc5)nc(-c5ccccc5)n4)ccc3)[CH-]2)cc1.[Pt]. The minimum atomic E-state index is -0.641. The third kappa shape index (κ3) is 7.05. The maximum Gasteiger partial charge on any atom is 0.163 e. The molecule has 57 heavy (non-hydrogen) atoms. The van der Waals surface area contributed by atoms with Crippen LogP contribution in [0.5, 0.6) is 5.75 Å². The van der Waals surface area contributed by atoms with Gasteiger partial charge < -0.3 is 19.1 Å². The van der Waals surface area contributed by atoms with Crippen LogP contribution < -0.4 is 25.1 Å². The number of aromatic nitrogens is 5. The molecule has 9 heteroatoms. The zero-order valence-electron chi connectivity index (χ0n) is 30.8. The van der Waals surface area contributed by atoms with Crippen LogP contribution in [0.3, 0.4) is 0 Å². The fraction of sp³-hybridized carbons (Fsp3) is 0.0625. The molecule has 0 saturated carbocycles. The Morgan fingerprint density at radius 2 is 1.35 bits per heavy atom. The largest absolute Gasteiger partial charge is 0.530 e. The van der Waals surface area contributed by atoms with Gasteiger partial charge in [-0.1, -0.05) is 108 Å². The van der Waals surface area contributed by atoms with Crippen LogP contribution in [-0.2, 0) is 21.1 Å². The van der Waals surface area contributed by atoms with Crippen molar-refractivity contribution in [3.63, 3.8) is 0 Å². The van der Waals surface area contributed by atoms with Crippen molar-refractivity contribution < 1.29 is 25.8 Å². The second-order valence-corrected chi connectivity index (χ2v) is 13.7. The molecule has 0 amide bonds. The van der Waals surface area contributed by atoms with Crippen LogP contribution in [0.25, 0.3) is 51.6 Å². The van der Waals surface area contributed by atoms with Gasteiger partial charge in [-0.05, 0) is 49.7 Å². The van der Waals surface area contributed by atoms with Gasteiger partial charge in [0.2, 0.25) is 0 Å². The molecule has 0 bridgehead atoms. The molecule has 2 aliphatic rings. The molecule has 3 aromatic heterocycles. The van der Waals surface area contributed by atoms with E-state index in [1.165, 1.54) is 5.56 Å². The summed E-state index contributed by atoms with van der Waals surface area (Å²) in [5.74, 6) is 2.68. The van der Waals surface area contributed by atoms with Gasteiger partial charge in [0.05, 0.1) is 6.10 Å². The molecule has 5 aromatic carbocycles. The molecule has 280 valence electrons. The van der Waals surface area contributed by atoms with Crippen molar-refractivity contribution in [2.45, 2.75) is 18.9 Å². The van der Waals surface area contributed by atoms with E-state index in [0.717, 1.165) is 49.8 Å². The zero-order valence-corrected chi connectivity index (χ0v) is 33.0. The second-order valence-electron chi connectivity index (χ2n) is 13.7. The van der Waals surface area contributed by atoms with Crippen LogP contribution in [0.15, 0.2) is 164 Å². The van der Waals surface area contributed by atoms with Gasteiger partial charge in [0.15, 0.2) is 11.6 Å². The quantitative estimate of drug-likeness (QED) is 0.142.